The van der Waals surface area contributed by atoms with Crippen LogP contribution in [0.3, 0.4) is 0 Å². The highest BCUT2D eigenvalue weighted by Crippen LogP contribution is 2.40. The van der Waals surface area contributed by atoms with Gasteiger partial charge in [-0.2, -0.15) is 0 Å². The van der Waals surface area contributed by atoms with Crippen LogP contribution in [-0.2, 0) is 22.5 Å². The molecule has 0 radical (unpaired) electrons. The summed E-state index contributed by atoms with van der Waals surface area (Å²) < 4.78 is 11.8. The van der Waals surface area contributed by atoms with E-state index in [0.717, 1.165) is 71.5 Å². The molecule has 1 saturated carbocycles. The number of ether oxygens (including phenoxy) is 2. The van der Waals surface area contributed by atoms with E-state index in [9.17, 15) is 4.79 Å². The zero-order chi connectivity index (χ0) is 29.4. The maximum absolute atomic E-state index is 13.2. The van der Waals surface area contributed by atoms with E-state index in [0.29, 0.717) is 18.8 Å². The summed E-state index contributed by atoms with van der Waals surface area (Å²) in [6.45, 7) is 8.59. The normalized spacial score (nSPS) is 18.1. The molecule has 9 nitrogen and oxygen atoms in total. The van der Waals surface area contributed by atoms with E-state index in [-0.39, 0.29) is 11.4 Å². The highest BCUT2D eigenvalue weighted by Gasteiger charge is 2.44. The van der Waals surface area contributed by atoms with Crippen LogP contribution in [0.1, 0.15) is 41.0 Å². The first kappa shape index (κ1) is 27.9. The van der Waals surface area contributed by atoms with Crippen molar-refractivity contribution in [1.29, 1.82) is 0 Å². The highest BCUT2D eigenvalue weighted by atomic mass is 32.1. The minimum Gasteiger partial charge on any atom is -0.455 e. The third-order valence-corrected chi connectivity index (χ3v) is 10.0. The van der Waals surface area contributed by atoms with Gasteiger partial charge in [-0.1, -0.05) is 6.08 Å². The van der Waals surface area contributed by atoms with Crippen molar-refractivity contribution in [3.8, 4) is 11.5 Å². The van der Waals surface area contributed by atoms with Gasteiger partial charge in [-0.3, -0.25) is 14.7 Å². The van der Waals surface area contributed by atoms with E-state index in [4.69, 9.17) is 9.47 Å². The monoisotopic (exact) mass is 596 g/mol. The molecule has 1 saturated heterocycles. The second-order valence-electron chi connectivity index (χ2n) is 11.7. The Kier molecular flexibility index (Phi) is 7.58. The largest absolute Gasteiger partial charge is 0.455 e. The molecule has 1 N–H and O–H groups in total. The summed E-state index contributed by atoms with van der Waals surface area (Å²) in [4.78, 5) is 33.2. The van der Waals surface area contributed by atoms with Crippen LogP contribution in [0.2, 0.25) is 0 Å². The first-order chi connectivity index (χ1) is 21.0. The number of benzene rings is 1. The number of hydrogen-bond donors (Lipinski definition) is 1. The van der Waals surface area contributed by atoms with E-state index in [1.165, 1.54) is 29.7 Å². The minimum absolute atomic E-state index is 0.0719. The first-order valence-corrected chi connectivity index (χ1v) is 15.8. The molecule has 10 heteroatoms. The quantitative estimate of drug-likeness (QED) is 0.262. The molecule has 43 heavy (non-hydrogen) atoms. The molecule has 4 aromatic rings. The van der Waals surface area contributed by atoms with Crippen molar-refractivity contribution in [2.45, 2.75) is 51.6 Å². The van der Waals surface area contributed by atoms with Crippen LogP contribution >= 0.6 is 11.3 Å². The molecule has 2 aliphatic heterocycles. The molecule has 5 heterocycles. The molecule has 222 valence electrons. The van der Waals surface area contributed by atoms with Gasteiger partial charge >= 0.3 is 0 Å². The number of amides is 1. The SMILES string of the molecule is Cc1ccc(Oc2ccc(Nc3ncnc4sc5c(c34)CCN(C(=O)/C=C/CN3CCOCC34CCC4)C5)cc2C)cn1. The van der Waals surface area contributed by atoms with Crippen molar-refractivity contribution in [3.63, 3.8) is 0 Å². The van der Waals surface area contributed by atoms with Crippen LogP contribution in [-0.4, -0.2) is 69.0 Å². The zero-order valence-electron chi connectivity index (χ0n) is 24.6. The predicted octanol–water partition coefficient (Wildman–Crippen LogP) is 5.93. The number of rotatable bonds is 7. The number of carbonyl (C=O) groups excluding carboxylic acids is 1. The molecule has 3 aromatic heterocycles. The smallest absolute Gasteiger partial charge is 0.246 e. The Balaban J connectivity index is 1.03. The van der Waals surface area contributed by atoms with Crippen LogP contribution in [0.25, 0.3) is 10.2 Å². The van der Waals surface area contributed by atoms with Crippen LogP contribution in [0.15, 0.2) is 55.0 Å². The number of pyridine rings is 1. The van der Waals surface area contributed by atoms with Crippen molar-refractivity contribution in [2.24, 2.45) is 0 Å². The Morgan fingerprint density at radius 3 is 2.86 bits per heavy atom. The number of fused-ring (bicyclic) bond motifs is 3. The van der Waals surface area contributed by atoms with Crippen LogP contribution in [0, 0.1) is 13.8 Å². The zero-order valence-corrected chi connectivity index (χ0v) is 25.5. The predicted molar refractivity (Wildman–Crippen MR) is 168 cm³/mol. The Labute approximate surface area is 255 Å². The number of thiophene rings is 1. The molecule has 2 fully saturated rings. The Hall–Kier alpha value is -3.86. The van der Waals surface area contributed by atoms with E-state index >= 15 is 0 Å². The molecule has 3 aliphatic rings. The van der Waals surface area contributed by atoms with E-state index in [2.05, 4.69) is 31.2 Å². The van der Waals surface area contributed by atoms with Gasteiger partial charge in [0.1, 0.15) is 28.5 Å². The highest BCUT2D eigenvalue weighted by molar-refractivity contribution is 7.19. The van der Waals surface area contributed by atoms with Gasteiger partial charge < -0.3 is 19.7 Å². The summed E-state index contributed by atoms with van der Waals surface area (Å²) in [6.07, 6.45) is 11.6. The number of morpholine rings is 1. The summed E-state index contributed by atoms with van der Waals surface area (Å²) in [5, 5.41) is 4.56. The average Bonchev–Trinajstić information content (AvgIpc) is 3.38. The van der Waals surface area contributed by atoms with Crippen LogP contribution in [0.4, 0.5) is 11.5 Å². The minimum atomic E-state index is 0.0719. The number of hydrogen-bond acceptors (Lipinski definition) is 9. The lowest BCUT2D eigenvalue weighted by atomic mass is 9.75. The van der Waals surface area contributed by atoms with Gasteiger partial charge in [0.2, 0.25) is 5.91 Å². The number of nitrogens with one attached hydrogen (secondary N) is 1. The third-order valence-electron chi connectivity index (χ3n) is 8.92. The summed E-state index contributed by atoms with van der Waals surface area (Å²) in [7, 11) is 0. The number of nitrogens with zero attached hydrogens (tertiary/aromatic N) is 5. The van der Waals surface area contributed by atoms with Gasteiger partial charge in [0.25, 0.3) is 0 Å². The lowest BCUT2D eigenvalue weighted by molar-refractivity contribution is -0.126. The maximum atomic E-state index is 13.2. The molecule has 0 bridgehead atoms. The lowest BCUT2D eigenvalue weighted by Crippen LogP contribution is -2.60. The Morgan fingerprint density at radius 2 is 2.07 bits per heavy atom. The summed E-state index contributed by atoms with van der Waals surface area (Å²) in [5.74, 6) is 2.35. The standard InChI is InChI=1S/C33H36N6O3S/c1-22-17-24(7-9-27(22)42-25-8-6-23(2)34-18-25)37-31-30-26-10-14-38(19-28(26)43-32(30)36-21-35-31)29(40)5-3-13-39-15-16-41-20-33(39)11-4-12-33/h3,5-9,17-18,21H,4,10-16,19-20H2,1-2H3,(H,35,36,37)/b5-3+. The van der Waals surface area contributed by atoms with E-state index in [1.54, 1.807) is 29.9 Å². The van der Waals surface area contributed by atoms with Gasteiger partial charge in [0.15, 0.2) is 0 Å². The molecule has 0 unspecified atom stereocenters. The fourth-order valence-corrected chi connectivity index (χ4v) is 7.52. The summed E-state index contributed by atoms with van der Waals surface area (Å²) in [6, 6.07) is 9.87. The van der Waals surface area contributed by atoms with Crippen molar-refractivity contribution >= 4 is 39.0 Å². The van der Waals surface area contributed by atoms with Gasteiger partial charge in [-0.05, 0) is 81.0 Å². The molecule has 1 amide bonds. The maximum Gasteiger partial charge on any atom is 0.246 e. The number of anilines is 2. The Morgan fingerprint density at radius 1 is 1.16 bits per heavy atom. The molecule has 1 spiro atoms. The molecular formula is C33H36N6O3S. The van der Waals surface area contributed by atoms with Gasteiger partial charge in [0.05, 0.1) is 31.3 Å². The van der Waals surface area contributed by atoms with Crippen LogP contribution in [0.5, 0.6) is 11.5 Å². The second kappa shape index (κ2) is 11.7. The molecular weight excluding hydrogens is 560 g/mol. The summed E-state index contributed by atoms with van der Waals surface area (Å²) >= 11 is 1.65. The lowest BCUT2D eigenvalue weighted by Gasteiger charge is -2.52. The Bertz CT molecular complexity index is 1680. The van der Waals surface area contributed by atoms with Crippen LogP contribution < -0.4 is 10.1 Å². The first-order valence-electron chi connectivity index (χ1n) is 15.0. The van der Waals surface area contributed by atoms with Gasteiger partial charge in [-0.25, -0.2) is 9.97 Å². The van der Waals surface area contributed by atoms with Gasteiger partial charge in [0, 0.05) is 47.5 Å². The average molecular weight is 597 g/mol. The van der Waals surface area contributed by atoms with Gasteiger partial charge in [-0.15, -0.1) is 11.3 Å². The number of aryl methyl sites for hydroxylation is 2. The topological polar surface area (TPSA) is 92.7 Å². The molecule has 7 rings (SSSR count). The van der Waals surface area contributed by atoms with Crippen molar-refractivity contribution in [3.05, 3.63) is 76.7 Å². The van der Waals surface area contributed by atoms with Crippen molar-refractivity contribution in [2.75, 3.05) is 38.2 Å². The third kappa shape index (κ3) is 5.62. The number of aromatic nitrogens is 3. The molecule has 1 aromatic carbocycles. The fourth-order valence-electron chi connectivity index (χ4n) is 6.31. The van der Waals surface area contributed by atoms with E-state index in [1.807, 2.05) is 49.1 Å². The number of carbonyl (C=O) groups is 1. The second-order valence-corrected chi connectivity index (χ2v) is 12.8. The fraction of sp³-hybridized carbons (Fsp3) is 0.394. The van der Waals surface area contributed by atoms with Crippen molar-refractivity contribution in [1.82, 2.24) is 24.8 Å². The summed E-state index contributed by atoms with van der Waals surface area (Å²) in [5.41, 5.74) is 4.31. The molecule has 1 aliphatic carbocycles. The molecule has 0 atom stereocenters. The van der Waals surface area contributed by atoms with Crippen molar-refractivity contribution < 1.29 is 14.3 Å². The van der Waals surface area contributed by atoms with E-state index < -0.39 is 0 Å².